The Balaban J connectivity index is 3.07. The van der Waals surface area contributed by atoms with Gasteiger partial charge < -0.3 is 41.5 Å². The highest BCUT2D eigenvalue weighted by Crippen LogP contribution is 2.18. The molecule has 13 nitrogen and oxygen atoms in total. The highest BCUT2D eigenvalue weighted by molar-refractivity contribution is 7.98. The van der Waals surface area contributed by atoms with Gasteiger partial charge in [0.25, 0.3) is 0 Å². The minimum absolute atomic E-state index is 0.0348. The number of nitrogens with one attached hydrogen (secondary N) is 5. The van der Waals surface area contributed by atoms with Crippen LogP contribution in [0.25, 0.3) is 0 Å². The van der Waals surface area contributed by atoms with E-state index in [1.54, 1.807) is 48.5 Å². The van der Waals surface area contributed by atoms with Gasteiger partial charge in [0.1, 0.15) is 23.7 Å². The summed E-state index contributed by atoms with van der Waals surface area (Å²) in [5.41, 5.74) is 0.139. The molecule has 1 aromatic rings. The summed E-state index contributed by atoms with van der Waals surface area (Å²) in [5, 5.41) is 35.4. The molecular formula is C37H63N5O8S. The minimum atomic E-state index is -1.24. The van der Waals surface area contributed by atoms with Crippen molar-refractivity contribution in [3.63, 3.8) is 0 Å². The molecule has 0 aliphatic heterocycles. The number of alkyl carbamates (subject to hydrolysis) is 1. The summed E-state index contributed by atoms with van der Waals surface area (Å²) in [6.07, 6.45) is 0.328. The molecule has 0 aliphatic carbocycles. The van der Waals surface area contributed by atoms with Gasteiger partial charge in [-0.1, -0.05) is 71.9 Å². The van der Waals surface area contributed by atoms with Gasteiger partial charge in [-0.25, -0.2) is 4.79 Å². The van der Waals surface area contributed by atoms with Gasteiger partial charge in [0, 0.05) is 6.54 Å². The van der Waals surface area contributed by atoms with Crippen LogP contribution >= 0.6 is 11.8 Å². The number of benzene rings is 1. The lowest BCUT2D eigenvalue weighted by atomic mass is 9.91. The number of hydrogen-bond acceptors (Lipinski definition) is 9. The standard InChI is InChI=1S/C37H63N5O8S/c1-22(2)18-28(40-33(46)27(16-17-51-10)39-35(48)31(24(5)6)42-36(49)50-37(7,8)9)29(44)19-26(21-43)32(45)41-30(23(3)4)34(47)38-20-25-14-12-11-13-15-25/h11-15,22-24,26-31,43-44H,16-21H2,1-10H3,(H,38,47)(H,39,48)(H,40,46)(H,41,45)(H,42,49)/t26-,27-,28-,29-,30-,31-/m0/s1. The molecule has 1 rings (SSSR count). The molecule has 290 valence electrons. The molecule has 0 saturated carbocycles. The van der Waals surface area contributed by atoms with E-state index in [-0.39, 0.29) is 43.0 Å². The Morgan fingerprint density at radius 3 is 1.88 bits per heavy atom. The van der Waals surface area contributed by atoms with Crippen molar-refractivity contribution in [2.45, 2.75) is 124 Å². The van der Waals surface area contributed by atoms with Crippen LogP contribution in [0.2, 0.25) is 0 Å². The van der Waals surface area contributed by atoms with Gasteiger partial charge in [-0.3, -0.25) is 19.2 Å². The van der Waals surface area contributed by atoms with Gasteiger partial charge in [-0.2, -0.15) is 11.8 Å². The molecule has 0 spiro atoms. The molecule has 0 saturated heterocycles. The lowest BCUT2D eigenvalue weighted by molar-refractivity contribution is -0.134. The van der Waals surface area contributed by atoms with E-state index in [9.17, 15) is 34.2 Å². The van der Waals surface area contributed by atoms with Crippen LogP contribution in [0, 0.1) is 23.7 Å². The third kappa shape index (κ3) is 17.6. The zero-order valence-electron chi connectivity index (χ0n) is 32.1. The number of amides is 5. The van der Waals surface area contributed by atoms with Crippen LogP contribution in [0.4, 0.5) is 4.79 Å². The van der Waals surface area contributed by atoms with Gasteiger partial charge in [0.15, 0.2) is 0 Å². The summed E-state index contributed by atoms with van der Waals surface area (Å²) < 4.78 is 5.32. The Bertz CT molecular complexity index is 1240. The molecule has 0 heterocycles. The maximum atomic E-state index is 13.7. The third-order valence-corrected chi connectivity index (χ3v) is 8.70. The summed E-state index contributed by atoms with van der Waals surface area (Å²) in [5.74, 6) is -3.10. The lowest BCUT2D eigenvalue weighted by Gasteiger charge is -2.31. The van der Waals surface area contributed by atoms with E-state index in [0.717, 1.165) is 5.56 Å². The van der Waals surface area contributed by atoms with Crippen LogP contribution in [0.5, 0.6) is 0 Å². The Kier molecular flexibility index (Phi) is 20.2. The minimum Gasteiger partial charge on any atom is -0.444 e. The Morgan fingerprint density at radius 2 is 1.37 bits per heavy atom. The fourth-order valence-electron chi connectivity index (χ4n) is 5.26. The fourth-order valence-corrected chi connectivity index (χ4v) is 5.73. The highest BCUT2D eigenvalue weighted by atomic mass is 32.2. The second-order valence-corrected chi connectivity index (χ2v) is 16.1. The van der Waals surface area contributed by atoms with Crippen LogP contribution in [-0.4, -0.2) is 94.4 Å². The summed E-state index contributed by atoms with van der Waals surface area (Å²) in [6, 6.07) is 5.72. The molecule has 0 bridgehead atoms. The van der Waals surface area contributed by atoms with Gasteiger partial charge in [-0.15, -0.1) is 0 Å². The van der Waals surface area contributed by atoms with Gasteiger partial charge in [0.2, 0.25) is 23.6 Å². The number of carbonyl (C=O) groups excluding carboxylic acids is 5. The van der Waals surface area contributed by atoms with Crippen molar-refractivity contribution >= 4 is 41.5 Å². The molecule has 5 amide bonds. The Morgan fingerprint density at radius 1 is 0.784 bits per heavy atom. The number of rotatable bonds is 21. The average molecular weight is 738 g/mol. The van der Waals surface area contributed by atoms with Crippen molar-refractivity contribution in [1.29, 1.82) is 0 Å². The Hall–Kier alpha value is -3.36. The normalized spacial score (nSPS) is 15.3. The summed E-state index contributed by atoms with van der Waals surface area (Å²) in [4.78, 5) is 66.0. The zero-order valence-corrected chi connectivity index (χ0v) is 32.9. The first-order chi connectivity index (χ1) is 23.8. The first kappa shape index (κ1) is 45.7. The number of aliphatic hydroxyl groups excluding tert-OH is 2. The van der Waals surface area contributed by atoms with E-state index >= 15 is 0 Å². The predicted molar refractivity (Wildman–Crippen MR) is 201 cm³/mol. The quantitative estimate of drug-likeness (QED) is 0.0993. The van der Waals surface area contributed by atoms with Crippen LogP contribution in [0.3, 0.4) is 0 Å². The third-order valence-electron chi connectivity index (χ3n) is 8.06. The van der Waals surface area contributed by atoms with Gasteiger partial charge >= 0.3 is 6.09 Å². The molecular weight excluding hydrogens is 675 g/mol. The number of carbonyl (C=O) groups is 5. The molecule has 51 heavy (non-hydrogen) atoms. The largest absolute Gasteiger partial charge is 0.444 e. The average Bonchev–Trinajstić information content (AvgIpc) is 3.04. The van der Waals surface area contributed by atoms with Crippen molar-refractivity contribution in [3.8, 4) is 0 Å². The van der Waals surface area contributed by atoms with Gasteiger partial charge in [-0.05, 0) is 75.4 Å². The molecule has 0 unspecified atom stereocenters. The molecule has 0 aromatic heterocycles. The fraction of sp³-hybridized carbons (Fsp3) is 0.703. The molecule has 14 heteroatoms. The topological polar surface area (TPSA) is 195 Å². The number of hydrogen-bond donors (Lipinski definition) is 7. The summed E-state index contributed by atoms with van der Waals surface area (Å²) >= 11 is 1.50. The monoisotopic (exact) mass is 737 g/mol. The van der Waals surface area contributed by atoms with Gasteiger partial charge in [0.05, 0.1) is 24.7 Å². The SMILES string of the molecule is CSCC[C@H](NC(=O)[C@@H](NC(=O)OC(C)(C)C)C(C)C)C(=O)N[C@@H](CC(C)C)[C@@H](O)C[C@@H](CO)C(=O)N[C@H](C(=O)NCc1ccccc1)C(C)C. The van der Waals surface area contributed by atoms with E-state index in [4.69, 9.17) is 4.74 Å². The maximum absolute atomic E-state index is 13.7. The Labute approximate surface area is 308 Å². The van der Waals surface area contributed by atoms with Crippen LogP contribution in [0.1, 0.15) is 87.1 Å². The smallest absolute Gasteiger partial charge is 0.408 e. The highest BCUT2D eigenvalue weighted by Gasteiger charge is 2.34. The maximum Gasteiger partial charge on any atom is 0.408 e. The molecule has 0 fully saturated rings. The van der Waals surface area contributed by atoms with E-state index < -0.39 is 72.2 Å². The van der Waals surface area contributed by atoms with Crippen LogP contribution < -0.4 is 26.6 Å². The first-order valence-corrected chi connectivity index (χ1v) is 19.2. The van der Waals surface area contributed by atoms with Crippen molar-refractivity contribution < 1.29 is 38.9 Å². The van der Waals surface area contributed by atoms with Crippen LogP contribution in [-0.2, 0) is 30.5 Å². The zero-order chi connectivity index (χ0) is 38.9. The van der Waals surface area contributed by atoms with Crippen LogP contribution in [0.15, 0.2) is 30.3 Å². The molecule has 7 N–H and O–H groups in total. The van der Waals surface area contributed by atoms with E-state index in [0.29, 0.717) is 12.2 Å². The molecule has 6 atom stereocenters. The van der Waals surface area contributed by atoms with E-state index in [2.05, 4.69) is 26.6 Å². The van der Waals surface area contributed by atoms with E-state index in [1.165, 1.54) is 11.8 Å². The van der Waals surface area contributed by atoms with E-state index in [1.807, 2.05) is 50.4 Å². The van der Waals surface area contributed by atoms with Crippen molar-refractivity contribution in [3.05, 3.63) is 35.9 Å². The predicted octanol–water partition coefficient (Wildman–Crippen LogP) is 3.12. The second-order valence-electron chi connectivity index (χ2n) is 15.1. The summed E-state index contributed by atoms with van der Waals surface area (Å²) in [6.45, 7) is 15.8. The summed E-state index contributed by atoms with van der Waals surface area (Å²) in [7, 11) is 0. The number of ether oxygens (including phenoxy) is 1. The molecule has 1 aromatic carbocycles. The molecule has 0 aliphatic rings. The first-order valence-electron chi connectivity index (χ1n) is 17.8. The van der Waals surface area contributed by atoms with Crippen molar-refractivity contribution in [1.82, 2.24) is 26.6 Å². The number of thioether (sulfide) groups is 1. The second kappa shape index (κ2) is 22.5. The molecule has 0 radical (unpaired) electrons. The number of aliphatic hydroxyl groups is 2. The lowest BCUT2D eigenvalue weighted by Crippen LogP contribution is -2.58. The van der Waals surface area contributed by atoms with Crippen molar-refractivity contribution in [2.75, 3.05) is 18.6 Å². The van der Waals surface area contributed by atoms with Crippen molar-refractivity contribution in [2.24, 2.45) is 23.7 Å².